The van der Waals surface area contributed by atoms with E-state index < -0.39 is 0 Å². The summed E-state index contributed by atoms with van der Waals surface area (Å²) in [6.45, 7) is 10.7. The molecule has 0 unspecified atom stereocenters. The first-order chi connectivity index (χ1) is 11.8. The molecular weight excluding hydrogens is 300 g/mol. The number of ether oxygens (including phenoxy) is 2. The van der Waals surface area contributed by atoms with Crippen molar-refractivity contribution in [2.75, 3.05) is 26.3 Å². The van der Waals surface area contributed by atoms with Crippen LogP contribution in [0.2, 0.25) is 0 Å². The van der Waals surface area contributed by atoms with E-state index in [1.54, 1.807) is 0 Å². The van der Waals surface area contributed by atoms with Crippen LogP contribution in [0.5, 0.6) is 0 Å². The van der Waals surface area contributed by atoms with Crippen molar-refractivity contribution in [1.29, 1.82) is 0 Å². The maximum atomic E-state index is 5.77. The molecular formula is C20H48N2O2. The van der Waals surface area contributed by atoms with E-state index in [1.807, 2.05) is 27.7 Å². The largest absolute Gasteiger partial charge is 0.377 e. The zero-order chi connectivity index (χ0) is 18.2. The smallest absolute Gasteiger partial charge is 0.0592 e. The van der Waals surface area contributed by atoms with Crippen molar-refractivity contribution >= 4 is 0 Å². The molecule has 0 radical (unpaired) electrons. The zero-order valence-corrected chi connectivity index (χ0v) is 16.8. The second-order valence-electron chi connectivity index (χ2n) is 6.39. The van der Waals surface area contributed by atoms with Gasteiger partial charge >= 0.3 is 0 Å². The molecule has 4 N–H and O–H groups in total. The number of rotatable bonds is 7. The van der Waals surface area contributed by atoms with Gasteiger partial charge in [0.25, 0.3) is 0 Å². The topological polar surface area (TPSA) is 70.5 Å². The fourth-order valence-electron chi connectivity index (χ4n) is 3.92. The van der Waals surface area contributed by atoms with Crippen LogP contribution in [0.4, 0.5) is 0 Å². The van der Waals surface area contributed by atoms with Crippen molar-refractivity contribution in [3.05, 3.63) is 0 Å². The molecule has 0 aromatic rings. The van der Waals surface area contributed by atoms with E-state index in [0.29, 0.717) is 25.3 Å². The Bertz CT molecular complexity index is 232. The third kappa shape index (κ3) is 9.36. The van der Waals surface area contributed by atoms with Gasteiger partial charge in [0.2, 0.25) is 0 Å². The summed E-state index contributed by atoms with van der Waals surface area (Å²) in [6.07, 6.45) is 11.2. The zero-order valence-electron chi connectivity index (χ0n) is 16.8. The van der Waals surface area contributed by atoms with E-state index >= 15 is 0 Å². The first kappa shape index (κ1) is 23.8. The van der Waals surface area contributed by atoms with Gasteiger partial charge in [0.05, 0.1) is 25.4 Å². The lowest BCUT2D eigenvalue weighted by Gasteiger charge is -2.37. The molecule has 0 spiro atoms. The molecule has 0 saturated heterocycles. The quantitative estimate of drug-likeness (QED) is 0.705. The van der Waals surface area contributed by atoms with Crippen LogP contribution in [-0.4, -0.2) is 38.5 Å². The number of hydrogen-bond acceptors (Lipinski definition) is 4. The minimum absolute atomic E-state index is 0. The molecule has 2 fully saturated rings. The molecule has 24 heavy (non-hydrogen) atoms. The maximum Gasteiger partial charge on any atom is 0.0592 e. The summed E-state index contributed by atoms with van der Waals surface area (Å²) in [7, 11) is 0. The van der Waals surface area contributed by atoms with Gasteiger partial charge in [-0.05, 0) is 63.2 Å². The van der Waals surface area contributed by atoms with Crippen LogP contribution < -0.4 is 11.5 Å². The van der Waals surface area contributed by atoms with Crippen LogP contribution in [0.15, 0.2) is 0 Å². The van der Waals surface area contributed by atoms with E-state index in [0.717, 1.165) is 25.0 Å². The molecule has 2 saturated carbocycles. The molecule has 150 valence electrons. The molecule has 2 aliphatic rings. The average molecular weight is 349 g/mol. The Morgan fingerprint density at radius 2 is 0.917 bits per heavy atom. The highest BCUT2D eigenvalue weighted by Crippen LogP contribution is 2.39. The summed E-state index contributed by atoms with van der Waals surface area (Å²) in [6, 6.07) is 0. The molecule has 0 amide bonds. The van der Waals surface area contributed by atoms with Crippen LogP contribution in [0.3, 0.4) is 0 Å². The Morgan fingerprint density at radius 3 is 1.17 bits per heavy atom. The van der Waals surface area contributed by atoms with Crippen LogP contribution in [0, 0.1) is 11.8 Å². The van der Waals surface area contributed by atoms with E-state index in [2.05, 4.69) is 0 Å². The second kappa shape index (κ2) is 16.3. The molecule has 4 nitrogen and oxygen atoms in total. The van der Waals surface area contributed by atoms with Gasteiger partial charge in [-0.15, -0.1) is 0 Å². The standard InChI is InChI=1S/C16H32N2O2.2C2H6.2H2/c17-9-11-19-15-5-1-13(2-6-15)14-3-7-16(8-4-14)20-12-10-18;2*1-2;;/h13-16H,1-12,17-18H2;2*1-2H3;2*1H. The summed E-state index contributed by atoms with van der Waals surface area (Å²) in [4.78, 5) is 0. The first-order valence-electron chi connectivity index (χ1n) is 10.5. The van der Waals surface area contributed by atoms with Gasteiger partial charge in [-0.1, -0.05) is 27.7 Å². The third-order valence-corrected chi connectivity index (χ3v) is 5.05. The minimum Gasteiger partial charge on any atom is -0.377 e. The lowest BCUT2D eigenvalue weighted by atomic mass is 9.72. The SMILES string of the molecule is CC.CC.NCCOC1CCC(C2CCC(OCCN)CC2)CC1.[HH].[HH]. The van der Waals surface area contributed by atoms with Crippen molar-refractivity contribution in [3.63, 3.8) is 0 Å². The maximum absolute atomic E-state index is 5.77. The third-order valence-electron chi connectivity index (χ3n) is 5.05. The van der Waals surface area contributed by atoms with Crippen molar-refractivity contribution < 1.29 is 12.3 Å². The monoisotopic (exact) mass is 348 g/mol. The van der Waals surface area contributed by atoms with Crippen molar-refractivity contribution in [2.24, 2.45) is 23.3 Å². The van der Waals surface area contributed by atoms with Crippen LogP contribution in [-0.2, 0) is 9.47 Å². The Hall–Kier alpha value is -0.160. The number of nitrogens with two attached hydrogens (primary N) is 2. The molecule has 2 rings (SSSR count). The van der Waals surface area contributed by atoms with Crippen LogP contribution >= 0.6 is 0 Å². The molecule has 0 bridgehead atoms. The van der Waals surface area contributed by atoms with Gasteiger partial charge in [-0.25, -0.2) is 0 Å². The Labute approximate surface area is 154 Å². The molecule has 0 aliphatic heterocycles. The predicted octanol–water partition coefficient (Wildman–Crippen LogP) is 4.60. The van der Waals surface area contributed by atoms with E-state index in [9.17, 15) is 0 Å². The van der Waals surface area contributed by atoms with Gasteiger partial charge in [0.15, 0.2) is 0 Å². The summed E-state index contributed by atoms with van der Waals surface area (Å²) in [5, 5.41) is 0. The van der Waals surface area contributed by atoms with E-state index in [1.165, 1.54) is 51.4 Å². The fourth-order valence-corrected chi connectivity index (χ4v) is 3.92. The van der Waals surface area contributed by atoms with Crippen LogP contribution in [0.1, 0.15) is 81.9 Å². The van der Waals surface area contributed by atoms with E-state index in [-0.39, 0.29) is 2.85 Å². The van der Waals surface area contributed by atoms with Gasteiger partial charge in [0.1, 0.15) is 0 Å². The van der Waals surface area contributed by atoms with Crippen molar-refractivity contribution in [1.82, 2.24) is 0 Å². The highest BCUT2D eigenvalue weighted by Gasteiger charge is 2.31. The summed E-state index contributed by atoms with van der Waals surface area (Å²) >= 11 is 0. The Morgan fingerprint density at radius 1 is 0.625 bits per heavy atom. The van der Waals surface area contributed by atoms with Crippen LogP contribution in [0.25, 0.3) is 0 Å². The fraction of sp³-hybridized carbons (Fsp3) is 1.00. The molecule has 2 aliphatic carbocycles. The van der Waals surface area contributed by atoms with Crippen molar-refractivity contribution in [2.45, 2.75) is 91.3 Å². The van der Waals surface area contributed by atoms with Crippen molar-refractivity contribution in [3.8, 4) is 0 Å². The minimum atomic E-state index is 0. The highest BCUT2D eigenvalue weighted by molar-refractivity contribution is 4.82. The Balaban J connectivity index is -0.000000824. The normalized spacial score (nSPS) is 29.8. The summed E-state index contributed by atoms with van der Waals surface area (Å²) in [5.74, 6) is 1.84. The summed E-state index contributed by atoms with van der Waals surface area (Å²) in [5.41, 5.74) is 11.0. The highest BCUT2D eigenvalue weighted by atomic mass is 16.5. The molecule has 0 atom stereocenters. The lowest BCUT2D eigenvalue weighted by molar-refractivity contribution is -0.00727. The Kier molecular flexibility index (Phi) is 16.2. The van der Waals surface area contributed by atoms with Gasteiger partial charge in [-0.3, -0.25) is 0 Å². The first-order valence-corrected chi connectivity index (χ1v) is 10.5. The van der Waals surface area contributed by atoms with Gasteiger partial charge < -0.3 is 20.9 Å². The summed E-state index contributed by atoms with van der Waals surface area (Å²) < 4.78 is 11.5. The van der Waals surface area contributed by atoms with Gasteiger partial charge in [-0.2, -0.15) is 0 Å². The predicted molar refractivity (Wildman–Crippen MR) is 108 cm³/mol. The molecule has 4 heteroatoms. The number of hydrogen-bond donors (Lipinski definition) is 2. The molecule has 0 aromatic heterocycles. The van der Waals surface area contributed by atoms with E-state index in [4.69, 9.17) is 20.9 Å². The second-order valence-corrected chi connectivity index (χ2v) is 6.39. The van der Waals surface area contributed by atoms with Gasteiger partial charge in [0, 0.05) is 15.9 Å². The lowest BCUT2D eigenvalue weighted by Crippen LogP contribution is -2.31. The molecule has 0 heterocycles. The molecule has 0 aromatic carbocycles. The average Bonchev–Trinajstić information content (AvgIpc) is 2.69.